The molecule has 0 aromatic carbocycles. The minimum atomic E-state index is 0.253. The molecule has 4 heteroatoms. The zero-order chi connectivity index (χ0) is 13.3. The number of rotatable bonds is 1. The molecule has 110 valence electrons. The number of carbonyl (C=O) groups is 1. The first kappa shape index (κ1) is 11.8. The fourth-order valence-electron chi connectivity index (χ4n) is 6.41. The fourth-order valence-corrected chi connectivity index (χ4v) is 6.41. The molecule has 6 aliphatic rings. The van der Waals surface area contributed by atoms with Gasteiger partial charge in [0.25, 0.3) is 0 Å². The third-order valence-corrected chi connectivity index (χ3v) is 6.80. The first-order valence-electron chi connectivity index (χ1n) is 8.52. The summed E-state index contributed by atoms with van der Waals surface area (Å²) in [6.45, 7) is 3.86. The van der Waals surface area contributed by atoms with Crippen molar-refractivity contribution in [2.45, 2.75) is 50.1 Å². The van der Waals surface area contributed by atoms with E-state index in [0.29, 0.717) is 12.1 Å². The van der Waals surface area contributed by atoms with E-state index >= 15 is 0 Å². The summed E-state index contributed by atoms with van der Waals surface area (Å²) in [5, 5.41) is 3.45. The molecule has 2 heterocycles. The van der Waals surface area contributed by atoms with Crippen molar-refractivity contribution in [2.24, 2.45) is 17.8 Å². The third-order valence-electron chi connectivity index (χ3n) is 6.80. The van der Waals surface area contributed by atoms with Gasteiger partial charge in [0.2, 0.25) is 0 Å². The minimum absolute atomic E-state index is 0.253. The lowest BCUT2D eigenvalue weighted by atomic mass is 9.52. The van der Waals surface area contributed by atoms with E-state index in [9.17, 15) is 4.79 Å². The van der Waals surface area contributed by atoms with Crippen molar-refractivity contribution in [3.8, 4) is 0 Å². The van der Waals surface area contributed by atoms with E-state index in [2.05, 4.69) is 15.1 Å². The number of amides is 2. The minimum Gasteiger partial charge on any atom is -0.317 e. The van der Waals surface area contributed by atoms with Crippen LogP contribution < -0.4 is 5.32 Å². The molecular weight excluding hydrogens is 250 g/mol. The molecule has 6 fully saturated rings. The fraction of sp³-hybridized carbons (Fsp3) is 0.938. The van der Waals surface area contributed by atoms with Gasteiger partial charge in [-0.15, -0.1) is 0 Å². The predicted octanol–water partition coefficient (Wildman–Crippen LogP) is 1.66. The van der Waals surface area contributed by atoms with Gasteiger partial charge in [-0.1, -0.05) is 0 Å². The van der Waals surface area contributed by atoms with Crippen molar-refractivity contribution < 1.29 is 4.79 Å². The number of hydrogen-bond donors (Lipinski definition) is 1. The van der Waals surface area contributed by atoms with Gasteiger partial charge in [-0.3, -0.25) is 0 Å². The number of nitrogens with one attached hydrogen (secondary N) is 1. The Morgan fingerprint density at radius 3 is 2.30 bits per heavy atom. The molecule has 2 saturated heterocycles. The van der Waals surface area contributed by atoms with Crippen LogP contribution in [0.1, 0.15) is 38.5 Å². The topological polar surface area (TPSA) is 35.6 Å². The summed E-state index contributed by atoms with van der Waals surface area (Å²) < 4.78 is 0. The standard InChI is InChI=1S/C16H25N3O/c20-15-18-2-1-17-9-14(18)10-19(15)16-6-11-3-12(7-16)5-13(4-11)8-16/h11-14,17H,1-10H2. The van der Waals surface area contributed by atoms with Crippen LogP contribution in [-0.4, -0.2) is 53.6 Å². The molecule has 0 spiro atoms. The quantitative estimate of drug-likeness (QED) is 0.790. The first-order valence-corrected chi connectivity index (χ1v) is 8.52. The largest absolute Gasteiger partial charge is 0.320 e. The van der Waals surface area contributed by atoms with E-state index in [-0.39, 0.29) is 5.54 Å². The van der Waals surface area contributed by atoms with Crippen LogP contribution >= 0.6 is 0 Å². The maximum absolute atomic E-state index is 12.9. The molecule has 2 amide bonds. The molecule has 4 saturated carbocycles. The van der Waals surface area contributed by atoms with Gasteiger partial charge in [0.15, 0.2) is 0 Å². The zero-order valence-electron chi connectivity index (χ0n) is 12.2. The Morgan fingerprint density at radius 2 is 1.70 bits per heavy atom. The summed E-state index contributed by atoms with van der Waals surface area (Å²) in [6, 6.07) is 0.794. The highest BCUT2D eigenvalue weighted by Gasteiger charge is 2.57. The highest BCUT2D eigenvalue weighted by molar-refractivity contribution is 5.78. The molecule has 0 aromatic heterocycles. The van der Waals surface area contributed by atoms with Gasteiger partial charge < -0.3 is 15.1 Å². The van der Waals surface area contributed by atoms with Crippen molar-refractivity contribution in [3.63, 3.8) is 0 Å². The highest BCUT2D eigenvalue weighted by atomic mass is 16.2. The van der Waals surface area contributed by atoms with E-state index in [0.717, 1.165) is 43.9 Å². The van der Waals surface area contributed by atoms with Crippen molar-refractivity contribution in [3.05, 3.63) is 0 Å². The maximum Gasteiger partial charge on any atom is 0.320 e. The van der Waals surface area contributed by atoms with Gasteiger partial charge in [-0.05, 0) is 56.3 Å². The van der Waals surface area contributed by atoms with E-state index in [1.54, 1.807) is 0 Å². The van der Waals surface area contributed by atoms with Crippen molar-refractivity contribution in [1.82, 2.24) is 15.1 Å². The van der Waals surface area contributed by atoms with Gasteiger partial charge in [0, 0.05) is 31.7 Å². The second-order valence-corrected chi connectivity index (χ2v) is 8.09. The maximum atomic E-state index is 12.9. The van der Waals surface area contributed by atoms with Gasteiger partial charge in [0.05, 0.1) is 6.04 Å². The molecule has 20 heavy (non-hydrogen) atoms. The summed E-state index contributed by atoms with van der Waals surface area (Å²) in [5.41, 5.74) is 0.253. The van der Waals surface area contributed by atoms with Gasteiger partial charge >= 0.3 is 6.03 Å². The second-order valence-electron chi connectivity index (χ2n) is 8.09. The van der Waals surface area contributed by atoms with Crippen LogP contribution in [0, 0.1) is 17.8 Å². The van der Waals surface area contributed by atoms with E-state index in [1.807, 2.05) is 0 Å². The lowest BCUT2D eigenvalue weighted by molar-refractivity contribution is -0.0654. The van der Waals surface area contributed by atoms with Gasteiger partial charge in [0.1, 0.15) is 0 Å². The summed E-state index contributed by atoms with van der Waals surface area (Å²) in [6.07, 6.45) is 8.28. The molecule has 1 atom stereocenters. The Morgan fingerprint density at radius 1 is 1.05 bits per heavy atom. The van der Waals surface area contributed by atoms with E-state index < -0.39 is 0 Å². The van der Waals surface area contributed by atoms with Crippen LogP contribution in [0.15, 0.2) is 0 Å². The molecule has 2 aliphatic heterocycles. The first-order chi connectivity index (χ1) is 9.73. The van der Waals surface area contributed by atoms with Crippen LogP contribution in [0.3, 0.4) is 0 Å². The Hall–Kier alpha value is -0.770. The van der Waals surface area contributed by atoms with E-state index in [4.69, 9.17) is 0 Å². The van der Waals surface area contributed by atoms with Gasteiger partial charge in [-0.25, -0.2) is 4.79 Å². The van der Waals surface area contributed by atoms with Crippen molar-refractivity contribution in [1.29, 1.82) is 0 Å². The van der Waals surface area contributed by atoms with Crippen LogP contribution in [0.5, 0.6) is 0 Å². The van der Waals surface area contributed by atoms with Crippen LogP contribution in [0.25, 0.3) is 0 Å². The number of piperazine rings is 1. The number of nitrogens with zero attached hydrogens (tertiary/aromatic N) is 2. The smallest absolute Gasteiger partial charge is 0.317 e. The zero-order valence-corrected chi connectivity index (χ0v) is 12.2. The number of urea groups is 1. The molecule has 1 N–H and O–H groups in total. The van der Waals surface area contributed by atoms with Crippen LogP contribution in [-0.2, 0) is 0 Å². The lowest BCUT2D eigenvalue weighted by Crippen LogP contribution is -2.60. The summed E-state index contributed by atoms with van der Waals surface area (Å²) >= 11 is 0. The lowest BCUT2D eigenvalue weighted by Gasteiger charge is -2.59. The number of hydrogen-bond acceptors (Lipinski definition) is 2. The summed E-state index contributed by atoms with van der Waals surface area (Å²) in [7, 11) is 0. The average Bonchev–Trinajstić information content (AvgIpc) is 2.76. The average molecular weight is 275 g/mol. The monoisotopic (exact) mass is 275 g/mol. The summed E-state index contributed by atoms with van der Waals surface area (Å²) in [4.78, 5) is 17.4. The van der Waals surface area contributed by atoms with Gasteiger partial charge in [-0.2, -0.15) is 0 Å². The molecule has 4 bridgehead atoms. The van der Waals surface area contributed by atoms with Crippen LogP contribution in [0.2, 0.25) is 0 Å². The Labute approximate surface area is 120 Å². The Kier molecular flexibility index (Phi) is 2.31. The SMILES string of the molecule is O=C1N2CCNCC2CN1C12CC3CC(CC(C3)C1)C2. The number of carbonyl (C=O) groups excluding carboxylic acids is 1. The normalized spacial score (nSPS) is 49.9. The van der Waals surface area contributed by atoms with Crippen LogP contribution in [0.4, 0.5) is 4.79 Å². The second kappa shape index (κ2) is 3.90. The summed E-state index contributed by atoms with van der Waals surface area (Å²) in [5.74, 6) is 2.76. The Bertz CT molecular complexity index is 414. The van der Waals surface area contributed by atoms with E-state index in [1.165, 1.54) is 38.5 Å². The molecule has 0 aromatic rings. The molecule has 6 rings (SSSR count). The predicted molar refractivity (Wildman–Crippen MR) is 76.4 cm³/mol. The molecule has 0 radical (unpaired) electrons. The number of fused-ring (bicyclic) bond motifs is 1. The molecule has 4 aliphatic carbocycles. The van der Waals surface area contributed by atoms with Crippen molar-refractivity contribution >= 4 is 6.03 Å². The molecule has 1 unspecified atom stereocenters. The third kappa shape index (κ3) is 1.49. The molecular formula is C16H25N3O. The molecule has 4 nitrogen and oxygen atoms in total. The highest BCUT2D eigenvalue weighted by Crippen LogP contribution is 2.58. The van der Waals surface area contributed by atoms with Crippen molar-refractivity contribution in [2.75, 3.05) is 26.2 Å². The Balaban J connectivity index is 1.46.